The molecule has 0 radical (unpaired) electrons. The Balaban J connectivity index is 1.40. The highest BCUT2D eigenvalue weighted by molar-refractivity contribution is 6.69. The number of carbonyl (C=O) groups is 1. The van der Waals surface area contributed by atoms with Gasteiger partial charge in [-0.05, 0) is 88.6 Å². The summed E-state index contributed by atoms with van der Waals surface area (Å²) in [6, 6.07) is 12.4. The summed E-state index contributed by atoms with van der Waals surface area (Å²) in [5.41, 5.74) is 11.0. The van der Waals surface area contributed by atoms with Gasteiger partial charge in [0.2, 0.25) is 0 Å². The molecule has 202 valence electrons. The first-order valence-electron chi connectivity index (χ1n) is 13.5. The molecule has 1 aliphatic carbocycles. The van der Waals surface area contributed by atoms with Gasteiger partial charge in [-0.2, -0.15) is 5.10 Å². The highest BCUT2D eigenvalue weighted by Gasteiger charge is 2.34. The van der Waals surface area contributed by atoms with E-state index in [-0.39, 0.29) is 11.9 Å². The van der Waals surface area contributed by atoms with E-state index in [1.54, 1.807) is 10.9 Å². The molecule has 1 saturated carbocycles. The lowest BCUT2D eigenvalue weighted by Crippen LogP contribution is -2.37. The summed E-state index contributed by atoms with van der Waals surface area (Å²) in [5.74, 6) is 7.03. The van der Waals surface area contributed by atoms with E-state index < -0.39 is 13.9 Å². The summed E-state index contributed by atoms with van der Waals surface area (Å²) in [6.45, 7) is 13.1. The molecule has 1 amide bonds. The van der Waals surface area contributed by atoms with Gasteiger partial charge in [0.15, 0.2) is 8.32 Å². The Bertz CT molecular complexity index is 1630. The molecule has 2 heterocycles. The van der Waals surface area contributed by atoms with E-state index in [9.17, 15) is 4.79 Å². The van der Waals surface area contributed by atoms with Crippen molar-refractivity contribution >= 4 is 41.8 Å². The fourth-order valence-electron chi connectivity index (χ4n) is 5.15. The molecule has 1 fully saturated rings. The molecule has 7 nitrogen and oxygen atoms in total. The Labute approximate surface area is 231 Å². The predicted molar refractivity (Wildman–Crippen MR) is 160 cm³/mol. The van der Waals surface area contributed by atoms with Crippen molar-refractivity contribution in [2.75, 3.05) is 5.73 Å². The number of hydrogen-bond acceptors (Lipinski definition) is 5. The average molecular weight is 540 g/mol. The van der Waals surface area contributed by atoms with Crippen LogP contribution in [-0.4, -0.2) is 45.5 Å². The zero-order valence-corrected chi connectivity index (χ0v) is 24.9. The molecule has 2 aromatic heterocycles. The third kappa shape index (κ3) is 5.85. The number of carbonyl (C=O) groups excluding carboxylic acids is 1. The normalized spacial score (nSPS) is 13.9. The zero-order valence-electron chi connectivity index (χ0n) is 23.9. The van der Waals surface area contributed by atoms with E-state index in [4.69, 9.17) is 10.2 Å². The van der Waals surface area contributed by atoms with Crippen LogP contribution in [-0.2, 0) is 18.0 Å². The maximum absolute atomic E-state index is 13.9. The van der Waals surface area contributed by atoms with E-state index in [2.05, 4.69) is 53.7 Å². The van der Waals surface area contributed by atoms with Crippen molar-refractivity contribution in [2.24, 2.45) is 7.05 Å². The topological polar surface area (TPSA) is 86.3 Å². The van der Waals surface area contributed by atoms with Gasteiger partial charge < -0.3 is 15.1 Å². The molecule has 0 bridgehead atoms. The van der Waals surface area contributed by atoms with E-state index in [1.165, 1.54) is 0 Å². The smallest absolute Gasteiger partial charge is 0.254 e. The SMILES string of the molecule is Cc1cc2nc(N)c3cnn(C)c3c2cc1C(=O)N(Cc1ccc(C#CC(C)(C)O[Si](C)(C)C)cc1)C1CC1. The summed E-state index contributed by atoms with van der Waals surface area (Å²) in [4.78, 5) is 20.5. The largest absolute Gasteiger partial charge is 0.402 e. The van der Waals surface area contributed by atoms with Gasteiger partial charge in [-0.25, -0.2) is 4.98 Å². The van der Waals surface area contributed by atoms with Crippen molar-refractivity contribution in [1.82, 2.24) is 19.7 Å². The fourth-order valence-corrected chi connectivity index (χ4v) is 6.73. The fraction of sp³-hybridized carbons (Fsp3) is 0.387. The number of nitrogen functional groups attached to an aromatic ring is 1. The van der Waals surface area contributed by atoms with Crippen molar-refractivity contribution in [3.63, 3.8) is 0 Å². The second-order valence-electron chi connectivity index (χ2n) is 12.0. The molecule has 0 spiro atoms. The minimum atomic E-state index is -1.69. The van der Waals surface area contributed by atoms with Crippen molar-refractivity contribution < 1.29 is 9.22 Å². The number of rotatable bonds is 6. The highest BCUT2D eigenvalue weighted by Crippen LogP contribution is 2.33. The summed E-state index contributed by atoms with van der Waals surface area (Å²) in [6.07, 6.45) is 3.78. The lowest BCUT2D eigenvalue weighted by Gasteiger charge is -2.28. The number of benzene rings is 2. The molecule has 0 saturated heterocycles. The van der Waals surface area contributed by atoms with Crippen LogP contribution < -0.4 is 5.73 Å². The van der Waals surface area contributed by atoms with Gasteiger partial charge in [-0.1, -0.05) is 24.0 Å². The van der Waals surface area contributed by atoms with Crippen LogP contribution in [0.3, 0.4) is 0 Å². The summed E-state index contributed by atoms with van der Waals surface area (Å²) in [7, 11) is 0.192. The number of fused-ring (bicyclic) bond motifs is 3. The second-order valence-corrected chi connectivity index (χ2v) is 16.5. The number of nitrogens with zero attached hydrogens (tertiary/aromatic N) is 4. The van der Waals surface area contributed by atoms with Gasteiger partial charge in [0, 0.05) is 36.1 Å². The standard InChI is InChI=1S/C31H37N5O2Si/c1-20-16-27-25(28-26(29(32)34-27)18-33-35(28)4)17-24(20)30(37)36(23-12-13-23)19-22-10-8-21(9-11-22)14-15-31(2,3)38-39(5,6)7/h8-11,16-18,23H,12-13,19H2,1-7H3,(H2,32,34). The Morgan fingerprint density at radius 3 is 2.51 bits per heavy atom. The number of aromatic nitrogens is 3. The van der Waals surface area contributed by atoms with E-state index >= 15 is 0 Å². The van der Waals surface area contributed by atoms with Crippen LogP contribution in [0.15, 0.2) is 42.6 Å². The first-order chi connectivity index (χ1) is 18.3. The monoisotopic (exact) mass is 539 g/mol. The first kappa shape index (κ1) is 26.9. The molecule has 8 heteroatoms. The van der Waals surface area contributed by atoms with Crippen LogP contribution >= 0.6 is 0 Å². The number of nitrogens with two attached hydrogens (primary N) is 1. The van der Waals surface area contributed by atoms with Gasteiger partial charge in [0.1, 0.15) is 11.4 Å². The van der Waals surface area contributed by atoms with E-state index in [0.29, 0.717) is 17.9 Å². The van der Waals surface area contributed by atoms with Crippen LogP contribution in [0.25, 0.3) is 21.8 Å². The lowest BCUT2D eigenvalue weighted by molar-refractivity contribution is 0.0729. The summed E-state index contributed by atoms with van der Waals surface area (Å²) >= 11 is 0. The van der Waals surface area contributed by atoms with Gasteiger partial charge in [-0.15, -0.1) is 0 Å². The maximum atomic E-state index is 13.9. The molecular formula is C31H37N5O2Si. The van der Waals surface area contributed by atoms with Gasteiger partial charge in [0.25, 0.3) is 5.91 Å². The van der Waals surface area contributed by atoms with Crippen molar-refractivity contribution in [1.29, 1.82) is 0 Å². The molecule has 39 heavy (non-hydrogen) atoms. The highest BCUT2D eigenvalue weighted by atomic mass is 28.4. The molecule has 0 aliphatic heterocycles. The molecule has 4 aromatic rings. The lowest BCUT2D eigenvalue weighted by atomic mass is 10.0. The Hall–Kier alpha value is -3.67. The minimum absolute atomic E-state index is 0.0400. The third-order valence-corrected chi connectivity index (χ3v) is 8.03. The molecule has 1 aliphatic rings. The summed E-state index contributed by atoms with van der Waals surface area (Å²) in [5, 5.41) is 6.05. The minimum Gasteiger partial charge on any atom is -0.402 e. The molecule has 0 atom stereocenters. The zero-order chi connectivity index (χ0) is 28.1. The Morgan fingerprint density at radius 1 is 1.18 bits per heavy atom. The van der Waals surface area contributed by atoms with Crippen LogP contribution in [0, 0.1) is 18.8 Å². The number of aryl methyl sites for hydroxylation is 2. The number of hydrogen-bond donors (Lipinski definition) is 1. The number of amides is 1. The van der Waals surface area contributed by atoms with Gasteiger partial charge >= 0.3 is 0 Å². The molecule has 2 aromatic carbocycles. The van der Waals surface area contributed by atoms with Crippen molar-refractivity contribution in [3.8, 4) is 11.8 Å². The predicted octanol–water partition coefficient (Wildman–Crippen LogP) is 5.80. The molecular weight excluding hydrogens is 502 g/mol. The van der Waals surface area contributed by atoms with Gasteiger partial charge in [0.05, 0.1) is 22.6 Å². The quantitative estimate of drug-likeness (QED) is 0.247. The van der Waals surface area contributed by atoms with E-state index in [0.717, 1.165) is 51.3 Å². The molecule has 2 N–H and O–H groups in total. The average Bonchev–Trinajstić information content (AvgIpc) is 3.61. The second kappa shape index (κ2) is 9.81. The van der Waals surface area contributed by atoms with Crippen LogP contribution in [0.4, 0.5) is 5.82 Å². The number of pyridine rings is 1. The Kier molecular flexibility index (Phi) is 6.77. The van der Waals surface area contributed by atoms with Crippen LogP contribution in [0.5, 0.6) is 0 Å². The van der Waals surface area contributed by atoms with Crippen molar-refractivity contribution in [2.45, 2.75) is 71.4 Å². The first-order valence-corrected chi connectivity index (χ1v) is 16.9. The maximum Gasteiger partial charge on any atom is 0.254 e. The third-order valence-electron chi connectivity index (χ3n) is 6.91. The van der Waals surface area contributed by atoms with Gasteiger partial charge in [-0.3, -0.25) is 9.48 Å². The van der Waals surface area contributed by atoms with Crippen LogP contribution in [0.2, 0.25) is 19.6 Å². The summed E-state index contributed by atoms with van der Waals surface area (Å²) < 4.78 is 7.99. The van der Waals surface area contributed by atoms with Crippen molar-refractivity contribution in [3.05, 3.63) is 64.8 Å². The Morgan fingerprint density at radius 2 is 1.87 bits per heavy atom. The molecule has 5 rings (SSSR count). The number of anilines is 1. The van der Waals surface area contributed by atoms with E-state index in [1.807, 2.05) is 57.0 Å². The molecule has 0 unspecified atom stereocenters. The van der Waals surface area contributed by atoms with Crippen LogP contribution in [0.1, 0.15) is 53.7 Å².